The predicted molar refractivity (Wildman–Crippen MR) is 82.5 cm³/mol. The number of para-hydroxylation sites is 1. The molecule has 0 aliphatic heterocycles. The SMILES string of the molecule is Brc1cc2ccccc2nc1-c1nc(C2CC2)cs1. The van der Waals surface area contributed by atoms with Crippen molar-refractivity contribution < 1.29 is 0 Å². The maximum Gasteiger partial charge on any atom is 0.143 e. The van der Waals surface area contributed by atoms with E-state index in [0.29, 0.717) is 5.92 Å². The Bertz CT molecular complexity index is 762. The number of thiazole rings is 1. The van der Waals surface area contributed by atoms with Crippen molar-refractivity contribution in [1.29, 1.82) is 0 Å². The van der Waals surface area contributed by atoms with E-state index >= 15 is 0 Å². The highest BCUT2D eigenvalue weighted by atomic mass is 79.9. The van der Waals surface area contributed by atoms with Gasteiger partial charge in [0.05, 0.1) is 11.2 Å². The zero-order valence-corrected chi connectivity index (χ0v) is 12.5. The summed E-state index contributed by atoms with van der Waals surface area (Å²) in [6.45, 7) is 0. The van der Waals surface area contributed by atoms with Crippen molar-refractivity contribution in [3.8, 4) is 10.7 Å². The van der Waals surface area contributed by atoms with Crippen LogP contribution in [0.25, 0.3) is 21.6 Å². The first-order valence-electron chi connectivity index (χ1n) is 6.32. The predicted octanol–water partition coefficient (Wildman–Crippen LogP) is 5.00. The van der Waals surface area contributed by atoms with Crippen LogP contribution in [-0.2, 0) is 0 Å². The molecule has 2 heterocycles. The molecule has 0 N–H and O–H groups in total. The van der Waals surface area contributed by atoms with E-state index in [2.05, 4.69) is 33.4 Å². The van der Waals surface area contributed by atoms with E-state index in [0.717, 1.165) is 26.1 Å². The minimum Gasteiger partial charge on any atom is -0.244 e. The van der Waals surface area contributed by atoms with E-state index in [9.17, 15) is 0 Å². The van der Waals surface area contributed by atoms with E-state index < -0.39 is 0 Å². The van der Waals surface area contributed by atoms with Crippen LogP contribution in [-0.4, -0.2) is 9.97 Å². The van der Waals surface area contributed by atoms with Gasteiger partial charge in [-0.25, -0.2) is 9.97 Å². The van der Waals surface area contributed by atoms with Crippen LogP contribution in [0.4, 0.5) is 0 Å². The van der Waals surface area contributed by atoms with Crippen molar-refractivity contribution in [2.75, 3.05) is 0 Å². The first-order valence-corrected chi connectivity index (χ1v) is 7.99. The van der Waals surface area contributed by atoms with Gasteiger partial charge in [-0.1, -0.05) is 18.2 Å². The highest BCUT2D eigenvalue weighted by Gasteiger charge is 2.26. The molecule has 1 aliphatic rings. The molecule has 4 rings (SSSR count). The van der Waals surface area contributed by atoms with Gasteiger partial charge < -0.3 is 0 Å². The number of hydrogen-bond acceptors (Lipinski definition) is 3. The third-order valence-corrected chi connectivity index (χ3v) is 4.87. The molecule has 1 saturated carbocycles. The molecule has 0 spiro atoms. The quantitative estimate of drug-likeness (QED) is 0.660. The van der Waals surface area contributed by atoms with Gasteiger partial charge in [-0.2, -0.15) is 0 Å². The summed E-state index contributed by atoms with van der Waals surface area (Å²) in [4.78, 5) is 9.48. The van der Waals surface area contributed by atoms with Crippen LogP contribution >= 0.6 is 27.3 Å². The lowest BCUT2D eigenvalue weighted by Crippen LogP contribution is -1.88. The number of rotatable bonds is 2. The van der Waals surface area contributed by atoms with Crippen molar-refractivity contribution in [2.24, 2.45) is 0 Å². The summed E-state index contributed by atoms with van der Waals surface area (Å²) < 4.78 is 1.02. The third-order valence-electron chi connectivity index (χ3n) is 3.40. The van der Waals surface area contributed by atoms with E-state index in [1.54, 1.807) is 11.3 Å². The number of aromatic nitrogens is 2. The minimum atomic E-state index is 0.698. The van der Waals surface area contributed by atoms with E-state index in [1.807, 2.05) is 18.2 Å². The molecule has 1 fully saturated rings. The lowest BCUT2D eigenvalue weighted by molar-refractivity contribution is 1.05. The number of nitrogens with zero attached hydrogens (tertiary/aromatic N) is 2. The van der Waals surface area contributed by atoms with Crippen molar-refractivity contribution in [3.05, 3.63) is 45.9 Å². The van der Waals surface area contributed by atoms with E-state index in [-0.39, 0.29) is 0 Å². The summed E-state index contributed by atoms with van der Waals surface area (Å²) in [5.74, 6) is 0.698. The maximum absolute atomic E-state index is 4.74. The second-order valence-corrected chi connectivity index (χ2v) is 6.58. The van der Waals surface area contributed by atoms with Crippen LogP contribution in [0.15, 0.2) is 40.2 Å². The zero-order valence-electron chi connectivity index (χ0n) is 10.1. The van der Waals surface area contributed by atoms with Crippen LogP contribution in [0.5, 0.6) is 0 Å². The number of fused-ring (bicyclic) bond motifs is 1. The first-order chi connectivity index (χ1) is 9.31. The minimum absolute atomic E-state index is 0.698. The van der Waals surface area contributed by atoms with Gasteiger partial charge >= 0.3 is 0 Å². The van der Waals surface area contributed by atoms with Crippen molar-refractivity contribution >= 4 is 38.2 Å². The summed E-state index contributed by atoms with van der Waals surface area (Å²) in [7, 11) is 0. The van der Waals surface area contributed by atoms with Crippen LogP contribution in [0, 0.1) is 0 Å². The number of pyridine rings is 1. The molecule has 1 aromatic carbocycles. The maximum atomic E-state index is 4.74. The fourth-order valence-corrected chi connectivity index (χ4v) is 3.76. The Hall–Kier alpha value is -1.26. The molecule has 0 radical (unpaired) electrons. The van der Waals surface area contributed by atoms with E-state index in [4.69, 9.17) is 9.97 Å². The zero-order chi connectivity index (χ0) is 12.8. The summed E-state index contributed by atoms with van der Waals surface area (Å²) in [5.41, 5.74) is 3.21. The standard InChI is InChI=1S/C15H11BrN2S/c16-11-7-10-3-1-2-4-12(10)17-14(11)15-18-13(8-19-15)9-5-6-9/h1-4,7-9H,5-6H2. The summed E-state index contributed by atoms with van der Waals surface area (Å²) in [6, 6.07) is 10.3. The summed E-state index contributed by atoms with van der Waals surface area (Å²) in [5, 5.41) is 4.34. The highest BCUT2D eigenvalue weighted by Crippen LogP contribution is 2.42. The molecule has 4 heteroatoms. The number of halogens is 1. The normalized spacial score (nSPS) is 15.0. The van der Waals surface area contributed by atoms with Gasteiger partial charge in [-0.3, -0.25) is 0 Å². The molecule has 0 unspecified atom stereocenters. The van der Waals surface area contributed by atoms with Gasteiger partial charge in [-0.05, 0) is 40.9 Å². The van der Waals surface area contributed by atoms with Gasteiger partial charge in [0.25, 0.3) is 0 Å². The highest BCUT2D eigenvalue weighted by molar-refractivity contribution is 9.10. The number of benzene rings is 1. The van der Waals surface area contributed by atoms with E-state index in [1.165, 1.54) is 18.5 Å². The lowest BCUT2D eigenvalue weighted by Gasteiger charge is -2.03. The second-order valence-electron chi connectivity index (χ2n) is 4.86. The topological polar surface area (TPSA) is 25.8 Å². The van der Waals surface area contributed by atoms with Crippen LogP contribution in [0.1, 0.15) is 24.5 Å². The number of hydrogen-bond donors (Lipinski definition) is 0. The molecule has 94 valence electrons. The van der Waals surface area contributed by atoms with Crippen molar-refractivity contribution in [2.45, 2.75) is 18.8 Å². The first kappa shape index (κ1) is 11.6. The van der Waals surface area contributed by atoms with Crippen LogP contribution in [0.2, 0.25) is 0 Å². The fourth-order valence-electron chi connectivity index (χ4n) is 2.20. The molecule has 2 aromatic heterocycles. The van der Waals surface area contributed by atoms with Gasteiger partial charge in [0, 0.05) is 21.2 Å². The molecule has 1 aliphatic carbocycles. The molecular formula is C15H11BrN2S. The molecule has 0 amide bonds. The Labute approximate surface area is 123 Å². The molecule has 0 bridgehead atoms. The Morgan fingerprint density at radius 3 is 2.84 bits per heavy atom. The second kappa shape index (κ2) is 4.39. The molecule has 3 aromatic rings. The van der Waals surface area contributed by atoms with Crippen molar-refractivity contribution in [3.63, 3.8) is 0 Å². The average molecular weight is 331 g/mol. The van der Waals surface area contributed by atoms with Crippen LogP contribution < -0.4 is 0 Å². The molecular weight excluding hydrogens is 320 g/mol. The average Bonchev–Trinajstić information content (AvgIpc) is 3.16. The van der Waals surface area contributed by atoms with Gasteiger partial charge in [0.2, 0.25) is 0 Å². The molecule has 2 nitrogen and oxygen atoms in total. The lowest BCUT2D eigenvalue weighted by atomic mass is 10.2. The Morgan fingerprint density at radius 2 is 2.00 bits per heavy atom. The van der Waals surface area contributed by atoms with Crippen LogP contribution in [0.3, 0.4) is 0 Å². The fraction of sp³-hybridized carbons (Fsp3) is 0.200. The third kappa shape index (κ3) is 2.09. The van der Waals surface area contributed by atoms with Gasteiger partial charge in [0.1, 0.15) is 10.7 Å². The smallest absolute Gasteiger partial charge is 0.143 e. The molecule has 0 saturated heterocycles. The Morgan fingerprint density at radius 1 is 1.16 bits per heavy atom. The molecule has 0 atom stereocenters. The Balaban J connectivity index is 1.86. The Kier molecular flexibility index (Phi) is 2.67. The molecule has 19 heavy (non-hydrogen) atoms. The largest absolute Gasteiger partial charge is 0.244 e. The summed E-state index contributed by atoms with van der Waals surface area (Å²) in [6.07, 6.45) is 2.57. The summed E-state index contributed by atoms with van der Waals surface area (Å²) >= 11 is 5.31. The van der Waals surface area contributed by atoms with Gasteiger partial charge in [0.15, 0.2) is 0 Å². The van der Waals surface area contributed by atoms with Crippen molar-refractivity contribution in [1.82, 2.24) is 9.97 Å². The van der Waals surface area contributed by atoms with Gasteiger partial charge in [-0.15, -0.1) is 11.3 Å². The monoisotopic (exact) mass is 330 g/mol.